The number of allylic oxidation sites excluding steroid dienone is 5. The van der Waals surface area contributed by atoms with Gasteiger partial charge in [-0.15, -0.1) is 0 Å². The maximum absolute atomic E-state index is 14.1. The van der Waals surface area contributed by atoms with E-state index in [1.807, 2.05) is 25.2 Å². The monoisotopic (exact) mass is 714 g/mol. The van der Waals surface area contributed by atoms with E-state index < -0.39 is 35.5 Å². The summed E-state index contributed by atoms with van der Waals surface area (Å²) in [6.45, 7) is 9.97. The van der Waals surface area contributed by atoms with Crippen LogP contribution in [0.5, 0.6) is 5.75 Å². The minimum absolute atomic E-state index is 0.0190. The van der Waals surface area contributed by atoms with E-state index >= 15 is 0 Å². The van der Waals surface area contributed by atoms with E-state index in [9.17, 15) is 30.0 Å². The van der Waals surface area contributed by atoms with E-state index in [0.717, 1.165) is 16.7 Å². The Kier molecular flexibility index (Phi) is 12.8. The molecule has 1 aromatic rings. The predicted molar refractivity (Wildman–Crippen MR) is 199 cm³/mol. The van der Waals surface area contributed by atoms with Gasteiger partial charge in [0.2, 0.25) is 0 Å². The van der Waals surface area contributed by atoms with Gasteiger partial charge >= 0.3 is 6.09 Å². The highest BCUT2D eigenvalue weighted by Crippen LogP contribution is 2.63. The molecule has 10 nitrogen and oxygen atoms in total. The molecule has 52 heavy (non-hydrogen) atoms. The first-order valence-corrected chi connectivity index (χ1v) is 18.3. The number of ketones is 1. The number of carbonyl (C=O) groups excluding carboxylic acids is 2. The van der Waals surface area contributed by atoms with Gasteiger partial charge in [0.15, 0.2) is 5.78 Å². The summed E-state index contributed by atoms with van der Waals surface area (Å²) in [6, 6.07) is 5.28. The Morgan fingerprint density at radius 3 is 2.77 bits per heavy atom. The Morgan fingerprint density at radius 2 is 2.00 bits per heavy atom. The third kappa shape index (κ3) is 8.21. The SMILES string of the molecule is C=C1/C=C/C=C(\[C@H]2CC[C@@]3([C@H](CCCO)/C(=C(\C)C(=O)Cc4cccc5c4OC(=O)N[C@H]5N)CC[C@@]3(C)O)[C@@H]2O)COCC#CC/C(C)=C/C[C@@H]1O. The van der Waals surface area contributed by atoms with E-state index in [-0.39, 0.29) is 49.6 Å². The molecule has 7 N–H and O–H groups in total. The summed E-state index contributed by atoms with van der Waals surface area (Å²) in [5.74, 6) is 5.56. The average Bonchev–Trinajstić information content (AvgIpc) is 3.45. The fraction of sp³-hybridized carbons (Fsp3) is 0.524. The lowest BCUT2D eigenvalue weighted by atomic mass is 9.52. The van der Waals surface area contributed by atoms with Crippen molar-refractivity contribution < 1.29 is 39.5 Å². The quantitative estimate of drug-likeness (QED) is 0.129. The molecule has 1 spiro atoms. The van der Waals surface area contributed by atoms with Gasteiger partial charge in [-0.3, -0.25) is 4.79 Å². The van der Waals surface area contributed by atoms with Crippen LogP contribution >= 0.6 is 0 Å². The van der Waals surface area contributed by atoms with Crippen LogP contribution in [0, 0.1) is 29.1 Å². The number of para-hydroxylation sites is 1. The molecular formula is C42H54N2O8. The number of rotatable bonds is 7. The van der Waals surface area contributed by atoms with Crippen molar-refractivity contribution in [1.29, 1.82) is 0 Å². The summed E-state index contributed by atoms with van der Waals surface area (Å²) in [4.78, 5) is 26.2. The number of Topliss-reactive ketones (excluding diaryl/α,β-unsaturated/α-hetero) is 1. The Balaban J connectivity index is 1.48. The molecule has 2 aliphatic heterocycles. The number of aliphatic hydroxyl groups excluding tert-OH is 3. The first-order chi connectivity index (χ1) is 24.8. The molecule has 2 heterocycles. The van der Waals surface area contributed by atoms with Crippen LogP contribution in [0.4, 0.5) is 4.79 Å². The largest absolute Gasteiger partial charge is 0.414 e. The topological polar surface area (TPSA) is 172 Å². The van der Waals surface area contributed by atoms with Crippen LogP contribution in [0.2, 0.25) is 0 Å². The van der Waals surface area contributed by atoms with Gasteiger partial charge in [0.05, 0.1) is 24.4 Å². The maximum Gasteiger partial charge on any atom is 0.414 e. The van der Waals surface area contributed by atoms with Crippen molar-refractivity contribution in [3.63, 3.8) is 0 Å². The highest BCUT2D eigenvalue weighted by atomic mass is 16.6. The number of nitrogens with two attached hydrogens (primary N) is 1. The van der Waals surface area contributed by atoms with Crippen LogP contribution in [0.25, 0.3) is 0 Å². The standard InChI is InChI=1S/C42H54N2O8/c1-26-10-5-6-23-51-25-30(13-7-11-27(2)35(46)17-16-26)32-19-21-42(38(32)48)34(15-9-22-45)31(18-20-41(42,4)50)28(3)36(47)24-29-12-8-14-33-37(29)52-40(49)44-39(33)43/h7-8,11-14,16,32,34-35,38-39,45-46,48,50H,2,9-10,15,17-25,43H2,1,3-4H3,(H,44,49)/b11-7+,26-16+,30-13-,31-28+/t32-,34-,35+,38-,39-,41-,42-/m1/s1. The molecule has 5 rings (SSSR count). The molecule has 10 heteroatoms. The van der Waals surface area contributed by atoms with Gasteiger partial charge in [0, 0.05) is 41.9 Å². The molecule has 0 unspecified atom stereocenters. The predicted octanol–water partition coefficient (Wildman–Crippen LogP) is 5.02. The van der Waals surface area contributed by atoms with Gasteiger partial charge in [-0.05, 0) is 88.4 Å². The molecule has 2 fully saturated rings. The lowest BCUT2D eigenvalue weighted by Gasteiger charge is -2.55. The Hall–Kier alpha value is -3.82. The van der Waals surface area contributed by atoms with E-state index in [0.29, 0.717) is 73.6 Å². The third-order valence-corrected chi connectivity index (χ3v) is 11.7. The van der Waals surface area contributed by atoms with E-state index in [1.54, 1.807) is 38.1 Å². The number of nitrogens with one attached hydrogen (secondary N) is 1. The lowest BCUT2D eigenvalue weighted by molar-refractivity contribution is -0.167. The van der Waals surface area contributed by atoms with E-state index in [2.05, 4.69) is 23.7 Å². The van der Waals surface area contributed by atoms with Gasteiger partial charge in [-0.2, -0.15) is 0 Å². The van der Waals surface area contributed by atoms with Crippen molar-refractivity contribution in [2.75, 3.05) is 19.8 Å². The molecular weight excluding hydrogens is 660 g/mol. The number of aliphatic hydroxyl groups is 4. The van der Waals surface area contributed by atoms with Crippen molar-refractivity contribution >= 4 is 11.9 Å². The summed E-state index contributed by atoms with van der Waals surface area (Å²) in [5, 5.41) is 47.9. The first-order valence-electron chi connectivity index (χ1n) is 18.3. The zero-order valence-electron chi connectivity index (χ0n) is 30.6. The maximum atomic E-state index is 14.1. The number of carbonyl (C=O) groups is 2. The van der Waals surface area contributed by atoms with Crippen LogP contribution in [-0.4, -0.2) is 69.9 Å². The van der Waals surface area contributed by atoms with Gasteiger partial charge in [0.25, 0.3) is 0 Å². The number of ether oxygens (including phenoxy) is 2. The lowest BCUT2D eigenvalue weighted by Crippen LogP contribution is -2.59. The molecule has 0 radical (unpaired) electrons. The Bertz CT molecular complexity index is 1730. The van der Waals surface area contributed by atoms with Crippen LogP contribution in [0.1, 0.15) is 89.4 Å². The minimum atomic E-state index is -1.27. The molecule has 0 saturated heterocycles. The van der Waals surface area contributed by atoms with Crippen LogP contribution < -0.4 is 15.8 Å². The number of hydrogen-bond donors (Lipinski definition) is 6. The normalized spacial score (nSPS) is 34.9. The first kappa shape index (κ1) is 39.4. The summed E-state index contributed by atoms with van der Waals surface area (Å²) < 4.78 is 11.5. The minimum Gasteiger partial charge on any atom is -0.410 e. The molecule has 1 amide bonds. The fourth-order valence-corrected chi connectivity index (χ4v) is 8.68. The summed E-state index contributed by atoms with van der Waals surface area (Å²) >= 11 is 0. The second-order valence-corrected chi connectivity index (χ2v) is 14.9. The second kappa shape index (κ2) is 16.9. The number of amides is 1. The molecule has 1 aromatic carbocycles. The molecule has 2 saturated carbocycles. The number of hydrogen-bond acceptors (Lipinski definition) is 9. The average molecular weight is 715 g/mol. The van der Waals surface area contributed by atoms with Crippen molar-refractivity contribution in [3.8, 4) is 17.6 Å². The van der Waals surface area contributed by atoms with Gasteiger partial charge < -0.3 is 41.0 Å². The molecule has 280 valence electrons. The van der Waals surface area contributed by atoms with E-state index in [4.69, 9.17) is 15.2 Å². The highest BCUT2D eigenvalue weighted by Gasteiger charge is 2.64. The van der Waals surface area contributed by atoms with Crippen molar-refractivity contribution in [1.82, 2.24) is 5.32 Å². The molecule has 7 atom stereocenters. The van der Waals surface area contributed by atoms with Gasteiger partial charge in [0.1, 0.15) is 18.5 Å². The van der Waals surface area contributed by atoms with Gasteiger partial charge in [-0.1, -0.05) is 72.1 Å². The smallest absolute Gasteiger partial charge is 0.410 e. The molecule has 4 aliphatic rings. The van der Waals surface area contributed by atoms with Gasteiger partial charge in [-0.25, -0.2) is 4.79 Å². The molecule has 0 bridgehead atoms. The number of benzene rings is 1. The van der Waals surface area contributed by atoms with Crippen LogP contribution in [0.15, 0.2) is 76.9 Å². The van der Waals surface area contributed by atoms with Crippen molar-refractivity contribution in [2.24, 2.45) is 23.0 Å². The van der Waals surface area contributed by atoms with Crippen LogP contribution in [-0.2, 0) is 16.0 Å². The summed E-state index contributed by atoms with van der Waals surface area (Å²) in [6.07, 6.45) is 8.08. The summed E-state index contributed by atoms with van der Waals surface area (Å²) in [5.41, 5.74) is 8.86. The zero-order valence-corrected chi connectivity index (χ0v) is 30.6. The fourth-order valence-electron chi connectivity index (χ4n) is 8.68. The zero-order chi connectivity index (χ0) is 37.6. The van der Waals surface area contributed by atoms with E-state index in [1.165, 1.54) is 0 Å². The summed E-state index contributed by atoms with van der Waals surface area (Å²) in [7, 11) is 0. The molecule has 0 aromatic heterocycles. The van der Waals surface area contributed by atoms with Crippen molar-refractivity contribution in [3.05, 3.63) is 88.1 Å². The Labute approximate surface area is 307 Å². The number of fused-ring (bicyclic) bond motifs is 1. The Morgan fingerprint density at radius 1 is 1.21 bits per heavy atom. The third-order valence-electron chi connectivity index (χ3n) is 11.7. The van der Waals surface area contributed by atoms with Crippen LogP contribution in [0.3, 0.4) is 0 Å². The molecule has 2 aliphatic carbocycles. The van der Waals surface area contributed by atoms with Crippen molar-refractivity contribution in [2.45, 2.75) is 103 Å². The second-order valence-electron chi connectivity index (χ2n) is 14.9. The highest BCUT2D eigenvalue weighted by molar-refractivity contribution is 5.97.